The van der Waals surface area contributed by atoms with Crippen LogP contribution in [0, 0.1) is 6.92 Å². The number of rotatable bonds is 7. The molecule has 0 saturated heterocycles. The third-order valence-electron chi connectivity index (χ3n) is 3.45. The molecule has 0 bridgehead atoms. The van der Waals surface area contributed by atoms with Gasteiger partial charge in [0.15, 0.2) is 0 Å². The molecule has 0 saturated carbocycles. The first-order valence-corrected chi connectivity index (χ1v) is 7.52. The summed E-state index contributed by atoms with van der Waals surface area (Å²) in [6, 6.07) is 7.70. The fourth-order valence-corrected chi connectivity index (χ4v) is 2.24. The Kier molecular flexibility index (Phi) is 5.67. The zero-order valence-corrected chi connectivity index (χ0v) is 12.5. The summed E-state index contributed by atoms with van der Waals surface area (Å²) >= 11 is 0. The van der Waals surface area contributed by atoms with E-state index >= 15 is 0 Å². The van der Waals surface area contributed by atoms with Crippen LogP contribution in [0.1, 0.15) is 49.5 Å². The van der Waals surface area contributed by atoms with Crippen molar-refractivity contribution >= 4 is 16.9 Å². The summed E-state index contributed by atoms with van der Waals surface area (Å²) in [7, 11) is 0. The van der Waals surface area contributed by atoms with Crippen molar-refractivity contribution in [3.63, 3.8) is 0 Å². The topological polar surface area (TPSA) is 54.9 Å². The zero-order valence-electron chi connectivity index (χ0n) is 12.5. The first-order valence-electron chi connectivity index (χ1n) is 7.52. The minimum absolute atomic E-state index is 0.149. The van der Waals surface area contributed by atoms with Gasteiger partial charge in [-0.2, -0.15) is 0 Å². The lowest BCUT2D eigenvalue weighted by molar-refractivity contribution is 0.0933. The minimum Gasteiger partial charge on any atom is -0.348 e. The zero-order chi connectivity index (χ0) is 15.1. The highest BCUT2D eigenvalue weighted by molar-refractivity contribution is 5.93. The van der Waals surface area contributed by atoms with E-state index in [1.165, 1.54) is 12.6 Å². The number of aromatic nitrogens is 2. The van der Waals surface area contributed by atoms with Gasteiger partial charge in [0, 0.05) is 6.04 Å². The standard InChI is InChI=1S/C17H22N3O/c1-3-4-5-6-9-13(2)19-17(21)16-12-18-14-10-7-8-11-15(14)20-16/h7-8,10-13H,1,3-6,9H2,2H3,(H,19,21)/t13-/m0/s1. The van der Waals surface area contributed by atoms with Gasteiger partial charge < -0.3 is 5.32 Å². The van der Waals surface area contributed by atoms with Crippen molar-refractivity contribution in [3.05, 3.63) is 43.1 Å². The van der Waals surface area contributed by atoms with E-state index in [2.05, 4.69) is 22.2 Å². The van der Waals surface area contributed by atoms with E-state index in [0.29, 0.717) is 5.69 Å². The molecule has 0 aliphatic rings. The highest BCUT2D eigenvalue weighted by atomic mass is 16.1. The maximum atomic E-state index is 12.2. The number of nitrogens with zero attached hydrogens (tertiary/aromatic N) is 2. The molecule has 1 amide bonds. The quantitative estimate of drug-likeness (QED) is 0.791. The van der Waals surface area contributed by atoms with Crippen molar-refractivity contribution in [1.82, 2.24) is 15.3 Å². The average molecular weight is 284 g/mol. The average Bonchev–Trinajstić information content (AvgIpc) is 2.51. The summed E-state index contributed by atoms with van der Waals surface area (Å²) in [5.41, 5.74) is 1.92. The molecule has 1 radical (unpaired) electrons. The van der Waals surface area contributed by atoms with Crippen molar-refractivity contribution in [2.24, 2.45) is 0 Å². The second-order valence-corrected chi connectivity index (χ2v) is 5.32. The van der Waals surface area contributed by atoms with Crippen molar-refractivity contribution in [3.8, 4) is 0 Å². The van der Waals surface area contributed by atoms with E-state index < -0.39 is 0 Å². The summed E-state index contributed by atoms with van der Waals surface area (Å²) in [6.07, 6.45) is 6.92. The van der Waals surface area contributed by atoms with Gasteiger partial charge in [0.05, 0.1) is 17.2 Å². The molecule has 0 fully saturated rings. The molecule has 2 rings (SSSR count). The monoisotopic (exact) mass is 284 g/mol. The van der Waals surface area contributed by atoms with E-state index in [9.17, 15) is 4.79 Å². The maximum Gasteiger partial charge on any atom is 0.271 e. The number of fused-ring (bicyclic) bond motifs is 1. The number of amides is 1. The van der Waals surface area contributed by atoms with Crippen LogP contribution < -0.4 is 5.32 Å². The highest BCUT2D eigenvalue weighted by Gasteiger charge is 2.12. The van der Waals surface area contributed by atoms with Crippen LogP contribution in [0.25, 0.3) is 11.0 Å². The van der Waals surface area contributed by atoms with Crippen LogP contribution >= 0.6 is 0 Å². The van der Waals surface area contributed by atoms with Gasteiger partial charge in [0.2, 0.25) is 0 Å². The molecule has 1 aromatic heterocycles. The van der Waals surface area contributed by atoms with E-state index in [0.717, 1.165) is 36.7 Å². The predicted octanol–water partition coefficient (Wildman–Crippen LogP) is 3.53. The molecule has 0 aliphatic heterocycles. The number of hydrogen-bond donors (Lipinski definition) is 1. The number of nitrogens with one attached hydrogen (secondary N) is 1. The van der Waals surface area contributed by atoms with Crippen LogP contribution in [-0.2, 0) is 0 Å². The normalized spacial score (nSPS) is 12.3. The number of benzene rings is 1. The number of unbranched alkanes of at least 4 members (excludes halogenated alkanes) is 3. The first kappa shape index (κ1) is 15.4. The fraction of sp³-hybridized carbons (Fsp3) is 0.412. The minimum atomic E-state index is -0.155. The first-order chi connectivity index (χ1) is 10.2. The van der Waals surface area contributed by atoms with E-state index in [1.807, 2.05) is 31.2 Å². The molecule has 0 aliphatic carbocycles. The van der Waals surface area contributed by atoms with Gasteiger partial charge in [0.25, 0.3) is 5.91 Å². The van der Waals surface area contributed by atoms with Crippen molar-refractivity contribution in [1.29, 1.82) is 0 Å². The molecule has 4 nitrogen and oxygen atoms in total. The number of carbonyl (C=O) groups is 1. The van der Waals surface area contributed by atoms with Crippen LogP contribution in [0.15, 0.2) is 30.5 Å². The van der Waals surface area contributed by atoms with E-state index in [1.54, 1.807) is 0 Å². The number of hydrogen-bond acceptors (Lipinski definition) is 3. The Bertz CT molecular complexity index is 597. The molecule has 0 unspecified atom stereocenters. The Balaban J connectivity index is 1.92. The Morgan fingerprint density at radius 1 is 1.24 bits per heavy atom. The largest absolute Gasteiger partial charge is 0.348 e. The van der Waals surface area contributed by atoms with Crippen molar-refractivity contribution < 1.29 is 4.79 Å². The summed E-state index contributed by atoms with van der Waals surface area (Å²) in [6.45, 7) is 5.85. The summed E-state index contributed by atoms with van der Waals surface area (Å²) in [5.74, 6) is -0.155. The molecule has 21 heavy (non-hydrogen) atoms. The number of para-hydroxylation sites is 2. The molecule has 0 spiro atoms. The predicted molar refractivity (Wildman–Crippen MR) is 84.9 cm³/mol. The van der Waals surface area contributed by atoms with Gasteiger partial charge in [-0.25, -0.2) is 4.98 Å². The van der Waals surface area contributed by atoms with Gasteiger partial charge in [-0.1, -0.05) is 44.7 Å². The van der Waals surface area contributed by atoms with E-state index in [-0.39, 0.29) is 11.9 Å². The smallest absolute Gasteiger partial charge is 0.271 e. The molecule has 1 atom stereocenters. The van der Waals surface area contributed by atoms with Crippen LogP contribution in [0.4, 0.5) is 0 Å². The lowest BCUT2D eigenvalue weighted by Gasteiger charge is -2.13. The molecule has 4 heteroatoms. The fourth-order valence-electron chi connectivity index (χ4n) is 2.24. The SMILES string of the molecule is [CH2]CCCCC[C@H](C)NC(=O)c1cnc2ccccc2n1. The second-order valence-electron chi connectivity index (χ2n) is 5.32. The van der Waals surface area contributed by atoms with E-state index in [4.69, 9.17) is 0 Å². The van der Waals surface area contributed by atoms with Crippen molar-refractivity contribution in [2.75, 3.05) is 0 Å². The lowest BCUT2D eigenvalue weighted by atomic mass is 10.1. The van der Waals surface area contributed by atoms with Crippen LogP contribution in [0.5, 0.6) is 0 Å². The molecular weight excluding hydrogens is 262 g/mol. The summed E-state index contributed by atoms with van der Waals surface area (Å²) in [5, 5.41) is 2.98. The van der Waals surface area contributed by atoms with Crippen molar-refractivity contribution in [2.45, 2.75) is 45.1 Å². The van der Waals surface area contributed by atoms with Gasteiger partial charge in [0.1, 0.15) is 5.69 Å². The Morgan fingerprint density at radius 2 is 2.00 bits per heavy atom. The molecule has 1 aromatic carbocycles. The van der Waals surface area contributed by atoms with Gasteiger partial charge in [-0.15, -0.1) is 0 Å². The lowest BCUT2D eigenvalue weighted by Crippen LogP contribution is -2.33. The van der Waals surface area contributed by atoms with Gasteiger partial charge in [-0.3, -0.25) is 9.78 Å². The summed E-state index contributed by atoms with van der Waals surface area (Å²) < 4.78 is 0. The van der Waals surface area contributed by atoms with Crippen LogP contribution in [0.3, 0.4) is 0 Å². The highest BCUT2D eigenvalue weighted by Crippen LogP contribution is 2.09. The maximum absolute atomic E-state index is 12.2. The van der Waals surface area contributed by atoms with Crippen LogP contribution in [0.2, 0.25) is 0 Å². The summed E-state index contributed by atoms with van der Waals surface area (Å²) in [4.78, 5) is 20.8. The Hall–Kier alpha value is -1.97. The van der Waals surface area contributed by atoms with Gasteiger partial charge in [-0.05, 0) is 25.5 Å². The molecular formula is C17H22N3O. The third-order valence-corrected chi connectivity index (χ3v) is 3.45. The Morgan fingerprint density at radius 3 is 2.76 bits per heavy atom. The number of carbonyl (C=O) groups excluding carboxylic acids is 1. The Labute approximate surface area is 126 Å². The van der Waals surface area contributed by atoms with Crippen LogP contribution in [-0.4, -0.2) is 21.9 Å². The molecule has 1 heterocycles. The molecule has 2 aromatic rings. The molecule has 111 valence electrons. The second kappa shape index (κ2) is 7.72. The van der Waals surface area contributed by atoms with Gasteiger partial charge >= 0.3 is 0 Å². The molecule has 1 N–H and O–H groups in total. The third kappa shape index (κ3) is 4.52.